The maximum atomic E-state index is 13.6. The van der Waals surface area contributed by atoms with Gasteiger partial charge in [0, 0.05) is 5.02 Å². The molecule has 1 amide bonds. The first-order valence-electron chi connectivity index (χ1n) is 6.85. The number of hydrogen-bond donors (Lipinski definition) is 1. The molecule has 22 heavy (non-hydrogen) atoms. The van der Waals surface area contributed by atoms with E-state index in [0.29, 0.717) is 5.02 Å². The Labute approximate surface area is 132 Å². The van der Waals surface area contributed by atoms with Crippen LogP contribution in [-0.2, 0) is 11.2 Å². The minimum absolute atomic E-state index is 0.0951. The van der Waals surface area contributed by atoms with Gasteiger partial charge in [-0.3, -0.25) is 4.79 Å². The second kappa shape index (κ2) is 6.16. The molecule has 0 aliphatic rings. The fourth-order valence-electron chi connectivity index (χ4n) is 2.41. The van der Waals surface area contributed by atoms with E-state index in [9.17, 15) is 9.18 Å². The minimum atomic E-state index is -0.504. The third kappa shape index (κ3) is 3.10. The molecule has 0 fully saturated rings. The van der Waals surface area contributed by atoms with Gasteiger partial charge in [0.15, 0.2) is 0 Å². The van der Waals surface area contributed by atoms with Crippen molar-refractivity contribution in [1.29, 1.82) is 0 Å². The van der Waals surface area contributed by atoms with E-state index in [2.05, 4.69) is 5.32 Å². The molecule has 3 rings (SSSR count). The van der Waals surface area contributed by atoms with E-state index in [1.165, 1.54) is 18.2 Å². The lowest BCUT2D eigenvalue weighted by Gasteiger charge is -2.09. The number of carbonyl (C=O) groups excluding carboxylic acids is 1. The van der Waals surface area contributed by atoms with Gasteiger partial charge >= 0.3 is 0 Å². The Kier molecular flexibility index (Phi) is 4.07. The first kappa shape index (κ1) is 14.5. The van der Waals surface area contributed by atoms with Gasteiger partial charge in [0.05, 0.1) is 12.1 Å². The summed E-state index contributed by atoms with van der Waals surface area (Å²) in [6.07, 6.45) is 0.174. The molecule has 3 aromatic rings. The molecule has 0 radical (unpaired) electrons. The van der Waals surface area contributed by atoms with Crippen LogP contribution >= 0.6 is 11.6 Å². The van der Waals surface area contributed by atoms with E-state index in [-0.39, 0.29) is 18.0 Å². The minimum Gasteiger partial charge on any atom is -0.323 e. The second-order valence-electron chi connectivity index (χ2n) is 4.99. The summed E-state index contributed by atoms with van der Waals surface area (Å²) in [5.74, 6) is -0.784. The van der Waals surface area contributed by atoms with Crippen molar-refractivity contribution in [3.8, 4) is 0 Å². The van der Waals surface area contributed by atoms with Crippen LogP contribution in [0.15, 0.2) is 60.7 Å². The molecule has 0 spiro atoms. The highest BCUT2D eigenvalue weighted by atomic mass is 35.5. The van der Waals surface area contributed by atoms with Crippen molar-refractivity contribution < 1.29 is 9.18 Å². The van der Waals surface area contributed by atoms with Crippen molar-refractivity contribution in [2.75, 3.05) is 5.32 Å². The first-order valence-corrected chi connectivity index (χ1v) is 7.23. The Morgan fingerprint density at radius 1 is 1.05 bits per heavy atom. The number of rotatable bonds is 3. The average Bonchev–Trinajstić information content (AvgIpc) is 2.51. The summed E-state index contributed by atoms with van der Waals surface area (Å²) >= 11 is 5.82. The summed E-state index contributed by atoms with van der Waals surface area (Å²) in [4.78, 5) is 12.2. The van der Waals surface area contributed by atoms with E-state index in [0.717, 1.165) is 16.3 Å². The lowest BCUT2D eigenvalue weighted by molar-refractivity contribution is -0.115. The summed E-state index contributed by atoms with van der Waals surface area (Å²) < 4.78 is 13.6. The van der Waals surface area contributed by atoms with Crippen molar-refractivity contribution in [2.45, 2.75) is 6.42 Å². The van der Waals surface area contributed by atoms with Gasteiger partial charge in [-0.1, -0.05) is 54.1 Å². The number of hydrogen-bond acceptors (Lipinski definition) is 1. The number of anilines is 1. The number of nitrogens with one attached hydrogen (secondary N) is 1. The molecule has 110 valence electrons. The van der Waals surface area contributed by atoms with Gasteiger partial charge in [0.2, 0.25) is 5.91 Å². The monoisotopic (exact) mass is 313 g/mol. The summed E-state index contributed by atoms with van der Waals surface area (Å²) in [5, 5.41) is 5.03. The zero-order valence-corrected chi connectivity index (χ0v) is 12.4. The van der Waals surface area contributed by atoms with Gasteiger partial charge in [0.25, 0.3) is 0 Å². The molecule has 0 saturated carbocycles. The highest BCUT2D eigenvalue weighted by molar-refractivity contribution is 6.30. The van der Waals surface area contributed by atoms with Crippen LogP contribution in [0.2, 0.25) is 5.02 Å². The first-order chi connectivity index (χ1) is 10.6. The van der Waals surface area contributed by atoms with Crippen LogP contribution in [0, 0.1) is 5.82 Å². The van der Waals surface area contributed by atoms with Crippen molar-refractivity contribution in [3.05, 3.63) is 77.1 Å². The maximum absolute atomic E-state index is 13.6. The van der Waals surface area contributed by atoms with Crippen molar-refractivity contribution in [2.24, 2.45) is 0 Å². The molecular formula is C18H13ClFNO. The molecule has 4 heteroatoms. The summed E-state index contributed by atoms with van der Waals surface area (Å²) in [5.41, 5.74) is 0.996. The van der Waals surface area contributed by atoms with Crippen molar-refractivity contribution in [3.63, 3.8) is 0 Å². The third-order valence-corrected chi connectivity index (χ3v) is 3.67. The lowest BCUT2D eigenvalue weighted by atomic mass is 10.0. The molecule has 2 nitrogen and oxygen atoms in total. The molecule has 0 aromatic heterocycles. The Hall–Kier alpha value is -2.39. The average molecular weight is 314 g/mol. The van der Waals surface area contributed by atoms with Crippen LogP contribution in [0.3, 0.4) is 0 Å². The van der Waals surface area contributed by atoms with E-state index in [1.807, 2.05) is 42.5 Å². The van der Waals surface area contributed by atoms with Gasteiger partial charge in [0.1, 0.15) is 5.82 Å². The fraction of sp³-hybridized carbons (Fsp3) is 0.0556. The van der Waals surface area contributed by atoms with Crippen LogP contribution in [0.25, 0.3) is 10.8 Å². The molecular weight excluding hydrogens is 301 g/mol. The fourth-order valence-corrected chi connectivity index (χ4v) is 2.58. The van der Waals surface area contributed by atoms with Crippen LogP contribution in [0.1, 0.15) is 5.56 Å². The normalized spacial score (nSPS) is 10.6. The molecule has 0 atom stereocenters. The Bertz CT molecular complexity index is 842. The summed E-state index contributed by atoms with van der Waals surface area (Å²) in [6, 6.07) is 17.7. The molecule has 0 saturated heterocycles. The van der Waals surface area contributed by atoms with Crippen LogP contribution in [-0.4, -0.2) is 5.91 Å². The number of fused-ring (bicyclic) bond motifs is 1. The van der Waals surface area contributed by atoms with Crippen LogP contribution < -0.4 is 5.32 Å². The van der Waals surface area contributed by atoms with Gasteiger partial charge in [-0.2, -0.15) is 0 Å². The predicted molar refractivity (Wildman–Crippen MR) is 87.7 cm³/mol. The van der Waals surface area contributed by atoms with E-state index < -0.39 is 5.82 Å². The van der Waals surface area contributed by atoms with Crippen LogP contribution in [0.5, 0.6) is 0 Å². The summed E-state index contributed by atoms with van der Waals surface area (Å²) in [7, 11) is 0. The SMILES string of the molecule is O=C(Cc1cccc2ccccc12)Nc1cc(Cl)ccc1F. The predicted octanol–water partition coefficient (Wildman–Crippen LogP) is 4.81. The molecule has 0 aliphatic heterocycles. The smallest absolute Gasteiger partial charge is 0.228 e. The largest absolute Gasteiger partial charge is 0.323 e. The zero-order chi connectivity index (χ0) is 15.5. The van der Waals surface area contributed by atoms with E-state index >= 15 is 0 Å². The van der Waals surface area contributed by atoms with Crippen molar-refractivity contribution >= 4 is 34.0 Å². The number of halogens is 2. The highest BCUT2D eigenvalue weighted by Gasteiger charge is 2.10. The lowest BCUT2D eigenvalue weighted by Crippen LogP contribution is -2.15. The quantitative estimate of drug-likeness (QED) is 0.738. The molecule has 0 bridgehead atoms. The topological polar surface area (TPSA) is 29.1 Å². The second-order valence-corrected chi connectivity index (χ2v) is 5.42. The number of benzene rings is 3. The van der Waals surface area contributed by atoms with Crippen LogP contribution in [0.4, 0.5) is 10.1 Å². The molecule has 0 unspecified atom stereocenters. The van der Waals surface area contributed by atoms with Gasteiger partial charge in [-0.25, -0.2) is 4.39 Å². The number of amides is 1. The third-order valence-electron chi connectivity index (χ3n) is 3.43. The molecule has 0 aliphatic carbocycles. The molecule has 0 heterocycles. The zero-order valence-electron chi connectivity index (χ0n) is 11.6. The number of carbonyl (C=O) groups is 1. The van der Waals surface area contributed by atoms with E-state index in [4.69, 9.17) is 11.6 Å². The Balaban J connectivity index is 1.83. The molecule has 3 aromatic carbocycles. The maximum Gasteiger partial charge on any atom is 0.228 e. The Morgan fingerprint density at radius 2 is 1.82 bits per heavy atom. The van der Waals surface area contributed by atoms with Gasteiger partial charge in [-0.05, 0) is 34.5 Å². The standard InChI is InChI=1S/C18H13ClFNO/c19-14-8-9-16(20)17(11-14)21-18(22)10-13-6-3-5-12-4-1-2-7-15(12)13/h1-9,11H,10H2,(H,21,22). The molecule has 1 N–H and O–H groups in total. The highest BCUT2D eigenvalue weighted by Crippen LogP contribution is 2.22. The Morgan fingerprint density at radius 3 is 2.68 bits per heavy atom. The van der Waals surface area contributed by atoms with Crippen molar-refractivity contribution in [1.82, 2.24) is 0 Å². The van der Waals surface area contributed by atoms with E-state index in [1.54, 1.807) is 0 Å². The summed E-state index contributed by atoms with van der Waals surface area (Å²) in [6.45, 7) is 0. The van der Waals surface area contributed by atoms with Gasteiger partial charge < -0.3 is 5.32 Å². The van der Waals surface area contributed by atoms with Gasteiger partial charge in [-0.15, -0.1) is 0 Å².